The van der Waals surface area contributed by atoms with E-state index in [1.165, 1.54) is 11.6 Å². The third kappa shape index (κ3) is 5.20. The van der Waals surface area contributed by atoms with Gasteiger partial charge in [-0.25, -0.2) is 19.4 Å². The Morgan fingerprint density at radius 1 is 1.29 bits per heavy atom. The highest BCUT2D eigenvalue weighted by molar-refractivity contribution is 5.80. The van der Waals surface area contributed by atoms with Crippen LogP contribution in [0.15, 0.2) is 58.3 Å². The SMILES string of the molecule is CCNC(=NCc1coc(-c2ccc(C)cc2)n1)NC1CCN(c2ncccc2F)C1. The summed E-state index contributed by atoms with van der Waals surface area (Å²) in [6, 6.07) is 11.3. The van der Waals surface area contributed by atoms with Crippen molar-refractivity contribution in [1.29, 1.82) is 0 Å². The number of aromatic nitrogens is 2. The Morgan fingerprint density at radius 3 is 2.90 bits per heavy atom. The van der Waals surface area contributed by atoms with Crippen LogP contribution in [0.1, 0.15) is 24.6 Å². The number of benzene rings is 1. The Labute approximate surface area is 181 Å². The van der Waals surface area contributed by atoms with Crippen molar-refractivity contribution in [2.45, 2.75) is 32.9 Å². The quantitative estimate of drug-likeness (QED) is 0.468. The second-order valence-corrected chi connectivity index (χ2v) is 7.59. The van der Waals surface area contributed by atoms with Gasteiger partial charge in [0, 0.05) is 37.4 Å². The molecule has 0 spiro atoms. The predicted octanol–water partition coefficient (Wildman–Crippen LogP) is 3.52. The maximum atomic E-state index is 14.0. The number of aliphatic imine (C=N–C) groups is 1. The van der Waals surface area contributed by atoms with Gasteiger partial charge in [0.1, 0.15) is 12.0 Å². The molecule has 1 aromatic carbocycles. The lowest BCUT2D eigenvalue weighted by Crippen LogP contribution is -2.44. The Balaban J connectivity index is 1.38. The van der Waals surface area contributed by atoms with Gasteiger partial charge in [-0.3, -0.25) is 0 Å². The minimum Gasteiger partial charge on any atom is -0.444 e. The first-order valence-corrected chi connectivity index (χ1v) is 10.5. The first-order chi connectivity index (χ1) is 15.1. The molecular formula is C23H27FN6O. The van der Waals surface area contributed by atoms with Crippen molar-refractivity contribution in [2.75, 3.05) is 24.5 Å². The summed E-state index contributed by atoms with van der Waals surface area (Å²) in [7, 11) is 0. The molecule has 0 amide bonds. The fourth-order valence-electron chi connectivity index (χ4n) is 3.56. The molecule has 0 saturated carbocycles. The lowest BCUT2D eigenvalue weighted by Gasteiger charge is -2.19. The molecule has 162 valence electrons. The molecule has 4 rings (SSSR count). The van der Waals surface area contributed by atoms with E-state index in [1.54, 1.807) is 18.5 Å². The van der Waals surface area contributed by atoms with E-state index in [9.17, 15) is 4.39 Å². The van der Waals surface area contributed by atoms with Crippen LogP contribution in [0.5, 0.6) is 0 Å². The minimum atomic E-state index is -0.292. The molecule has 3 aromatic rings. The third-order valence-corrected chi connectivity index (χ3v) is 5.16. The fourth-order valence-corrected chi connectivity index (χ4v) is 3.56. The van der Waals surface area contributed by atoms with Crippen LogP contribution < -0.4 is 15.5 Å². The molecule has 7 nitrogen and oxygen atoms in total. The van der Waals surface area contributed by atoms with E-state index >= 15 is 0 Å². The Bertz CT molecular complexity index is 1030. The van der Waals surface area contributed by atoms with E-state index in [0.29, 0.717) is 30.8 Å². The second-order valence-electron chi connectivity index (χ2n) is 7.59. The number of nitrogens with one attached hydrogen (secondary N) is 2. The van der Waals surface area contributed by atoms with E-state index in [4.69, 9.17) is 4.42 Å². The minimum absolute atomic E-state index is 0.152. The van der Waals surface area contributed by atoms with Gasteiger partial charge in [-0.15, -0.1) is 0 Å². The zero-order valence-electron chi connectivity index (χ0n) is 17.8. The predicted molar refractivity (Wildman–Crippen MR) is 119 cm³/mol. The molecule has 1 saturated heterocycles. The molecule has 31 heavy (non-hydrogen) atoms. The van der Waals surface area contributed by atoms with Gasteiger partial charge in [-0.1, -0.05) is 17.7 Å². The van der Waals surface area contributed by atoms with Crippen molar-refractivity contribution >= 4 is 11.8 Å². The van der Waals surface area contributed by atoms with Crippen molar-refractivity contribution in [3.63, 3.8) is 0 Å². The number of anilines is 1. The number of aryl methyl sites for hydroxylation is 1. The van der Waals surface area contributed by atoms with Crippen molar-refractivity contribution in [3.8, 4) is 11.5 Å². The van der Waals surface area contributed by atoms with Gasteiger partial charge in [-0.05, 0) is 44.5 Å². The molecule has 1 fully saturated rings. The number of pyridine rings is 1. The number of halogens is 1. The monoisotopic (exact) mass is 422 g/mol. The van der Waals surface area contributed by atoms with Gasteiger partial charge in [0.25, 0.3) is 0 Å². The molecule has 2 aromatic heterocycles. The summed E-state index contributed by atoms with van der Waals surface area (Å²) in [5.41, 5.74) is 2.90. The van der Waals surface area contributed by atoms with Crippen molar-refractivity contribution in [3.05, 3.63) is 65.9 Å². The maximum Gasteiger partial charge on any atom is 0.226 e. The van der Waals surface area contributed by atoms with Crippen LogP contribution in [0.3, 0.4) is 0 Å². The van der Waals surface area contributed by atoms with Gasteiger partial charge in [0.15, 0.2) is 17.6 Å². The van der Waals surface area contributed by atoms with Gasteiger partial charge < -0.3 is 20.0 Å². The highest BCUT2D eigenvalue weighted by Gasteiger charge is 2.26. The second kappa shape index (κ2) is 9.59. The zero-order chi connectivity index (χ0) is 21.6. The van der Waals surface area contributed by atoms with Crippen LogP contribution in [0.4, 0.5) is 10.2 Å². The number of nitrogens with zero attached hydrogens (tertiary/aromatic N) is 4. The summed E-state index contributed by atoms with van der Waals surface area (Å²) in [5.74, 6) is 1.40. The standard InChI is InChI=1S/C23H27FN6O/c1-3-25-23(29-18-10-12-30(14-18)21-20(24)5-4-11-26-21)27-13-19-15-31-22(28-19)17-8-6-16(2)7-9-17/h4-9,11,15,18H,3,10,12-14H2,1-2H3,(H2,25,27,29). The van der Waals surface area contributed by atoms with Crippen molar-refractivity contribution < 1.29 is 8.81 Å². The average Bonchev–Trinajstić information content (AvgIpc) is 3.43. The number of rotatable bonds is 6. The summed E-state index contributed by atoms with van der Waals surface area (Å²) in [5, 5.41) is 6.70. The topological polar surface area (TPSA) is 78.6 Å². The number of oxazole rings is 1. The van der Waals surface area contributed by atoms with Crippen LogP contribution in [-0.2, 0) is 6.54 Å². The first kappa shape index (κ1) is 20.8. The summed E-state index contributed by atoms with van der Waals surface area (Å²) in [6.45, 7) is 6.62. The lowest BCUT2D eigenvalue weighted by molar-refractivity contribution is 0.572. The van der Waals surface area contributed by atoms with Crippen LogP contribution in [0, 0.1) is 12.7 Å². The van der Waals surface area contributed by atoms with Gasteiger partial charge >= 0.3 is 0 Å². The summed E-state index contributed by atoms with van der Waals surface area (Å²) in [4.78, 5) is 15.3. The Hall–Kier alpha value is -3.42. The molecule has 0 bridgehead atoms. The number of hydrogen-bond acceptors (Lipinski definition) is 5. The molecule has 1 atom stereocenters. The molecule has 1 aliphatic heterocycles. The van der Waals surface area contributed by atoms with E-state index in [0.717, 1.165) is 30.8 Å². The normalized spacial score (nSPS) is 16.5. The summed E-state index contributed by atoms with van der Waals surface area (Å²) in [6.07, 6.45) is 4.14. The van der Waals surface area contributed by atoms with Gasteiger partial charge in [0.2, 0.25) is 5.89 Å². The van der Waals surface area contributed by atoms with E-state index in [-0.39, 0.29) is 11.9 Å². The maximum absolute atomic E-state index is 14.0. The zero-order valence-corrected chi connectivity index (χ0v) is 17.8. The van der Waals surface area contributed by atoms with Crippen LogP contribution in [-0.4, -0.2) is 41.6 Å². The van der Waals surface area contributed by atoms with E-state index in [2.05, 4.69) is 25.6 Å². The van der Waals surface area contributed by atoms with E-state index in [1.807, 2.05) is 43.0 Å². The molecule has 1 unspecified atom stereocenters. The average molecular weight is 423 g/mol. The van der Waals surface area contributed by atoms with E-state index < -0.39 is 0 Å². The molecule has 2 N–H and O–H groups in total. The smallest absolute Gasteiger partial charge is 0.226 e. The Morgan fingerprint density at radius 2 is 2.13 bits per heavy atom. The fraction of sp³-hybridized carbons (Fsp3) is 0.348. The highest BCUT2D eigenvalue weighted by Crippen LogP contribution is 2.21. The highest BCUT2D eigenvalue weighted by atomic mass is 19.1. The van der Waals surface area contributed by atoms with Crippen LogP contribution >= 0.6 is 0 Å². The molecule has 0 aliphatic carbocycles. The van der Waals surface area contributed by atoms with Crippen LogP contribution in [0.2, 0.25) is 0 Å². The third-order valence-electron chi connectivity index (χ3n) is 5.16. The van der Waals surface area contributed by atoms with Crippen molar-refractivity contribution in [2.24, 2.45) is 4.99 Å². The largest absolute Gasteiger partial charge is 0.444 e. The van der Waals surface area contributed by atoms with Crippen LogP contribution in [0.25, 0.3) is 11.5 Å². The Kier molecular flexibility index (Phi) is 6.45. The first-order valence-electron chi connectivity index (χ1n) is 10.5. The lowest BCUT2D eigenvalue weighted by atomic mass is 10.1. The van der Waals surface area contributed by atoms with Crippen molar-refractivity contribution in [1.82, 2.24) is 20.6 Å². The number of hydrogen-bond donors (Lipinski definition) is 2. The molecule has 0 radical (unpaired) electrons. The summed E-state index contributed by atoms with van der Waals surface area (Å²) < 4.78 is 19.6. The molecular weight excluding hydrogens is 395 g/mol. The van der Waals surface area contributed by atoms with Gasteiger partial charge in [-0.2, -0.15) is 0 Å². The molecule has 8 heteroatoms. The molecule has 1 aliphatic rings. The number of guanidine groups is 1. The summed E-state index contributed by atoms with van der Waals surface area (Å²) >= 11 is 0. The van der Waals surface area contributed by atoms with Gasteiger partial charge in [0.05, 0.1) is 6.54 Å². The molecule has 3 heterocycles.